The molecule has 0 spiro atoms. The van der Waals surface area contributed by atoms with Crippen LogP contribution < -0.4 is 0 Å². The standard InChI is InChI=1S/C17H17NO3/c1-6-4-10-11(15(6)19)9-5-7(2)16(20)12(9)14-13(10)17(21)8(3)18-14/h4-5,15-16,18-21H,1-3H3. The van der Waals surface area contributed by atoms with Crippen LogP contribution in [0.1, 0.15) is 54.0 Å². The van der Waals surface area contributed by atoms with Gasteiger partial charge in [-0.2, -0.15) is 0 Å². The van der Waals surface area contributed by atoms with Gasteiger partial charge in [0.25, 0.3) is 0 Å². The molecule has 0 fully saturated rings. The number of nitrogens with one attached hydrogen (secondary N) is 1. The van der Waals surface area contributed by atoms with Crippen molar-refractivity contribution in [3.05, 3.63) is 39.1 Å². The molecule has 4 rings (SSSR count). The molecule has 0 saturated carbocycles. The lowest BCUT2D eigenvalue weighted by molar-refractivity contribution is 0.215. The number of H-pyrrole nitrogens is 1. The first kappa shape index (κ1) is 12.7. The van der Waals surface area contributed by atoms with Crippen LogP contribution in [0.25, 0.3) is 23.1 Å². The molecule has 4 nitrogen and oxygen atoms in total. The summed E-state index contributed by atoms with van der Waals surface area (Å²) in [6.07, 6.45) is 2.48. The molecule has 0 bridgehead atoms. The van der Waals surface area contributed by atoms with Gasteiger partial charge in [-0.25, -0.2) is 0 Å². The summed E-state index contributed by atoms with van der Waals surface area (Å²) in [6.45, 7) is 5.55. The Morgan fingerprint density at radius 1 is 0.905 bits per heavy atom. The summed E-state index contributed by atoms with van der Waals surface area (Å²) >= 11 is 0. The fourth-order valence-electron chi connectivity index (χ4n) is 3.59. The lowest BCUT2D eigenvalue weighted by Crippen LogP contribution is -2.03. The average molecular weight is 283 g/mol. The van der Waals surface area contributed by atoms with Gasteiger partial charge in [-0.05, 0) is 43.0 Å². The van der Waals surface area contributed by atoms with Gasteiger partial charge in [0, 0.05) is 16.5 Å². The highest BCUT2D eigenvalue weighted by Gasteiger charge is 2.35. The fourth-order valence-corrected chi connectivity index (χ4v) is 3.59. The van der Waals surface area contributed by atoms with E-state index < -0.39 is 12.2 Å². The summed E-state index contributed by atoms with van der Waals surface area (Å²) in [4.78, 5) is 3.18. The summed E-state index contributed by atoms with van der Waals surface area (Å²) in [7, 11) is 0. The summed E-state index contributed by atoms with van der Waals surface area (Å²) in [5.41, 5.74) is 6.42. The maximum atomic E-state index is 10.5. The van der Waals surface area contributed by atoms with E-state index >= 15 is 0 Å². The van der Waals surface area contributed by atoms with Crippen LogP contribution in [-0.4, -0.2) is 20.3 Å². The molecule has 2 atom stereocenters. The van der Waals surface area contributed by atoms with Crippen LogP contribution in [-0.2, 0) is 0 Å². The molecule has 2 aromatic rings. The predicted octanol–water partition coefficient (Wildman–Crippen LogP) is 3.08. The molecule has 2 unspecified atom stereocenters. The number of aliphatic hydroxyl groups excluding tert-OH is 2. The van der Waals surface area contributed by atoms with Crippen molar-refractivity contribution >= 4 is 23.1 Å². The van der Waals surface area contributed by atoms with Crippen LogP contribution >= 0.6 is 0 Å². The first-order valence-corrected chi connectivity index (χ1v) is 7.05. The highest BCUT2D eigenvalue weighted by molar-refractivity contribution is 6.03. The van der Waals surface area contributed by atoms with E-state index in [1.165, 1.54) is 0 Å². The number of aromatic nitrogens is 1. The van der Waals surface area contributed by atoms with E-state index in [2.05, 4.69) is 4.98 Å². The molecule has 0 aliphatic heterocycles. The van der Waals surface area contributed by atoms with Crippen LogP contribution in [0.3, 0.4) is 0 Å². The lowest BCUT2D eigenvalue weighted by Gasteiger charge is -2.15. The maximum Gasteiger partial charge on any atom is 0.144 e. The molecular formula is C17H17NO3. The molecule has 1 heterocycles. The van der Waals surface area contributed by atoms with E-state index in [0.29, 0.717) is 11.1 Å². The summed E-state index contributed by atoms with van der Waals surface area (Å²) in [6, 6.07) is 0. The van der Waals surface area contributed by atoms with E-state index in [1.807, 2.05) is 26.0 Å². The monoisotopic (exact) mass is 283 g/mol. The van der Waals surface area contributed by atoms with Gasteiger partial charge < -0.3 is 20.3 Å². The number of fused-ring (bicyclic) bond motifs is 6. The van der Waals surface area contributed by atoms with Crippen LogP contribution in [0, 0.1) is 6.92 Å². The van der Waals surface area contributed by atoms with Gasteiger partial charge in [0.2, 0.25) is 0 Å². The molecule has 1 aromatic heterocycles. The average Bonchev–Trinajstić information content (AvgIpc) is 2.99. The molecule has 2 aliphatic carbocycles. The molecule has 1 aromatic carbocycles. The first-order valence-electron chi connectivity index (χ1n) is 7.05. The Morgan fingerprint density at radius 3 is 2.14 bits per heavy atom. The lowest BCUT2D eigenvalue weighted by atomic mass is 9.92. The largest absolute Gasteiger partial charge is 0.505 e. The smallest absolute Gasteiger partial charge is 0.144 e. The minimum absolute atomic E-state index is 0.193. The molecular weight excluding hydrogens is 266 g/mol. The molecule has 0 amide bonds. The fraction of sp³-hybridized carbons (Fsp3) is 0.294. The van der Waals surface area contributed by atoms with Crippen molar-refractivity contribution in [2.24, 2.45) is 0 Å². The van der Waals surface area contributed by atoms with Crippen molar-refractivity contribution < 1.29 is 15.3 Å². The zero-order valence-corrected chi connectivity index (χ0v) is 12.2. The Bertz CT molecular complexity index is 870. The zero-order chi connectivity index (χ0) is 15.0. The van der Waals surface area contributed by atoms with Crippen LogP contribution in [0.5, 0.6) is 5.75 Å². The van der Waals surface area contributed by atoms with E-state index in [-0.39, 0.29) is 5.75 Å². The van der Waals surface area contributed by atoms with Gasteiger partial charge in [0.1, 0.15) is 18.0 Å². The number of rotatable bonds is 0. The zero-order valence-electron chi connectivity index (χ0n) is 12.2. The molecule has 2 aliphatic rings. The Labute approximate surface area is 122 Å². The van der Waals surface area contributed by atoms with Crippen molar-refractivity contribution in [3.63, 3.8) is 0 Å². The van der Waals surface area contributed by atoms with E-state index in [9.17, 15) is 15.3 Å². The third-order valence-electron chi connectivity index (χ3n) is 4.72. The topological polar surface area (TPSA) is 76.5 Å². The Balaban J connectivity index is 2.24. The third-order valence-corrected chi connectivity index (χ3v) is 4.72. The van der Waals surface area contributed by atoms with Crippen molar-refractivity contribution in [1.29, 1.82) is 0 Å². The highest BCUT2D eigenvalue weighted by Crippen LogP contribution is 2.51. The molecule has 108 valence electrons. The maximum absolute atomic E-state index is 10.5. The normalized spacial score (nSPS) is 23.3. The van der Waals surface area contributed by atoms with Crippen LogP contribution in [0.2, 0.25) is 0 Å². The first-order chi connectivity index (χ1) is 9.91. The number of hydrogen-bond acceptors (Lipinski definition) is 3. The quantitative estimate of drug-likeness (QED) is 0.600. The minimum atomic E-state index is -0.696. The molecule has 4 N–H and O–H groups in total. The second-order valence-electron chi connectivity index (χ2n) is 6.09. The van der Waals surface area contributed by atoms with Crippen molar-refractivity contribution in [3.8, 4) is 5.75 Å². The van der Waals surface area contributed by atoms with Gasteiger partial charge in [0.05, 0.1) is 11.2 Å². The van der Waals surface area contributed by atoms with Gasteiger partial charge in [-0.3, -0.25) is 0 Å². The van der Waals surface area contributed by atoms with Crippen LogP contribution in [0.4, 0.5) is 0 Å². The number of hydrogen-bond donors (Lipinski definition) is 4. The predicted molar refractivity (Wildman–Crippen MR) is 81.9 cm³/mol. The SMILES string of the molecule is CC1=Cc2c(c3c(c4[nH]c(C)c(O)c24)C(O)C(C)=C3)C1O. The van der Waals surface area contributed by atoms with Gasteiger partial charge >= 0.3 is 0 Å². The molecule has 0 saturated heterocycles. The molecule has 4 heteroatoms. The number of aromatic hydroxyl groups is 1. The third kappa shape index (κ3) is 1.36. The second-order valence-corrected chi connectivity index (χ2v) is 6.09. The highest BCUT2D eigenvalue weighted by atomic mass is 16.3. The number of aryl methyl sites for hydroxylation is 1. The van der Waals surface area contributed by atoms with Gasteiger partial charge in [-0.1, -0.05) is 12.2 Å². The number of benzene rings is 1. The molecule has 21 heavy (non-hydrogen) atoms. The number of aromatic amines is 1. The summed E-state index contributed by atoms with van der Waals surface area (Å²) in [5, 5.41) is 32.0. The second kappa shape index (κ2) is 3.78. The summed E-state index contributed by atoms with van der Waals surface area (Å²) < 4.78 is 0. The molecule has 0 radical (unpaired) electrons. The number of aliphatic hydroxyl groups is 2. The van der Waals surface area contributed by atoms with Gasteiger partial charge in [0.15, 0.2) is 0 Å². The van der Waals surface area contributed by atoms with Crippen molar-refractivity contribution in [2.75, 3.05) is 0 Å². The van der Waals surface area contributed by atoms with E-state index in [0.717, 1.165) is 38.9 Å². The van der Waals surface area contributed by atoms with Crippen LogP contribution in [0.15, 0.2) is 11.1 Å². The van der Waals surface area contributed by atoms with E-state index in [4.69, 9.17) is 0 Å². The Morgan fingerprint density at radius 2 is 1.48 bits per heavy atom. The Hall–Kier alpha value is -2.04. The van der Waals surface area contributed by atoms with Gasteiger partial charge in [-0.15, -0.1) is 0 Å². The minimum Gasteiger partial charge on any atom is -0.505 e. The van der Waals surface area contributed by atoms with E-state index in [1.54, 1.807) is 6.92 Å². The summed E-state index contributed by atoms with van der Waals surface area (Å²) in [5.74, 6) is 0.193. The van der Waals surface area contributed by atoms with Crippen molar-refractivity contribution in [2.45, 2.75) is 33.0 Å². The van der Waals surface area contributed by atoms with Crippen molar-refractivity contribution in [1.82, 2.24) is 4.98 Å². The Kier molecular flexibility index (Phi) is 2.28.